The van der Waals surface area contributed by atoms with E-state index < -0.39 is 0 Å². The Morgan fingerprint density at radius 1 is 1.26 bits per heavy atom. The molecule has 1 heterocycles. The zero-order valence-electron chi connectivity index (χ0n) is 13.0. The largest absolute Gasteiger partial charge is 0.441 e. The van der Waals surface area contributed by atoms with E-state index in [1.165, 1.54) is 5.56 Å². The number of nitrogens with zero attached hydrogens (tertiary/aromatic N) is 1. The van der Waals surface area contributed by atoms with Crippen LogP contribution in [0.2, 0.25) is 0 Å². The number of nitrogens with one attached hydrogen (secondary N) is 1. The van der Waals surface area contributed by atoms with Crippen LogP contribution in [0.1, 0.15) is 35.8 Å². The van der Waals surface area contributed by atoms with E-state index in [0.29, 0.717) is 5.89 Å². The van der Waals surface area contributed by atoms with E-state index in [1.807, 2.05) is 37.3 Å². The summed E-state index contributed by atoms with van der Waals surface area (Å²) in [7, 11) is 0. The monoisotopic (exact) mass is 306 g/mol. The van der Waals surface area contributed by atoms with Crippen LogP contribution in [-0.4, -0.2) is 10.9 Å². The van der Waals surface area contributed by atoms with Crippen LogP contribution in [0.25, 0.3) is 11.1 Å². The van der Waals surface area contributed by atoms with Crippen molar-refractivity contribution in [1.82, 2.24) is 4.98 Å². The fourth-order valence-electron chi connectivity index (χ4n) is 3.38. The van der Waals surface area contributed by atoms with Gasteiger partial charge >= 0.3 is 0 Å². The second kappa shape index (κ2) is 5.54. The third kappa shape index (κ3) is 2.61. The molecule has 1 unspecified atom stereocenters. The first-order valence-corrected chi connectivity index (χ1v) is 7.96. The number of anilines is 1. The lowest BCUT2D eigenvalue weighted by Gasteiger charge is -2.24. The third-order valence-corrected chi connectivity index (χ3v) is 4.45. The van der Waals surface area contributed by atoms with Crippen LogP contribution in [-0.2, 0) is 11.2 Å². The molecule has 0 fully saturated rings. The van der Waals surface area contributed by atoms with Crippen molar-refractivity contribution in [2.45, 2.75) is 32.1 Å². The molecule has 23 heavy (non-hydrogen) atoms. The van der Waals surface area contributed by atoms with E-state index in [9.17, 15) is 4.79 Å². The van der Waals surface area contributed by atoms with Crippen molar-refractivity contribution in [2.24, 2.45) is 0 Å². The number of hydrogen-bond donors (Lipinski definition) is 1. The highest BCUT2D eigenvalue weighted by Gasteiger charge is 2.26. The van der Waals surface area contributed by atoms with Crippen molar-refractivity contribution in [1.29, 1.82) is 0 Å². The number of carbonyl (C=O) groups is 1. The molecule has 1 N–H and O–H groups in total. The van der Waals surface area contributed by atoms with E-state index in [2.05, 4.69) is 22.4 Å². The highest BCUT2D eigenvalue weighted by molar-refractivity contribution is 5.97. The Labute approximate surface area is 134 Å². The van der Waals surface area contributed by atoms with Crippen LogP contribution in [0.4, 0.5) is 5.69 Å². The Morgan fingerprint density at radius 2 is 2.13 bits per heavy atom. The number of aromatic nitrogens is 1. The van der Waals surface area contributed by atoms with Gasteiger partial charge in [-0.3, -0.25) is 4.79 Å². The summed E-state index contributed by atoms with van der Waals surface area (Å²) >= 11 is 0. The van der Waals surface area contributed by atoms with Crippen molar-refractivity contribution in [3.8, 4) is 0 Å². The molecule has 116 valence electrons. The zero-order valence-corrected chi connectivity index (χ0v) is 13.0. The fraction of sp³-hybridized carbons (Fsp3) is 0.263. The summed E-state index contributed by atoms with van der Waals surface area (Å²) in [4.78, 5) is 17.0. The van der Waals surface area contributed by atoms with Crippen molar-refractivity contribution < 1.29 is 9.21 Å². The number of amides is 1. The van der Waals surface area contributed by atoms with E-state index in [1.54, 1.807) is 0 Å². The van der Waals surface area contributed by atoms with Gasteiger partial charge in [-0.05, 0) is 48.6 Å². The Bertz CT molecular complexity index is 882. The normalized spacial score (nSPS) is 17.0. The maximum atomic E-state index is 12.7. The number of aryl methyl sites for hydroxylation is 2. The molecule has 0 aliphatic heterocycles. The number of oxazole rings is 1. The number of hydrogen-bond acceptors (Lipinski definition) is 3. The van der Waals surface area contributed by atoms with Crippen LogP contribution < -0.4 is 5.32 Å². The van der Waals surface area contributed by atoms with Crippen LogP contribution >= 0.6 is 0 Å². The minimum absolute atomic E-state index is 0.0525. The van der Waals surface area contributed by atoms with Gasteiger partial charge in [0.25, 0.3) is 0 Å². The van der Waals surface area contributed by atoms with Gasteiger partial charge < -0.3 is 9.73 Å². The lowest BCUT2D eigenvalue weighted by Crippen LogP contribution is -2.24. The molecule has 1 aliphatic rings. The lowest BCUT2D eigenvalue weighted by molar-refractivity contribution is -0.117. The van der Waals surface area contributed by atoms with Gasteiger partial charge in [0, 0.05) is 12.6 Å². The average molecular weight is 306 g/mol. The maximum Gasteiger partial charge on any atom is 0.231 e. The van der Waals surface area contributed by atoms with Crippen molar-refractivity contribution in [3.05, 3.63) is 59.5 Å². The predicted octanol–water partition coefficient (Wildman–Crippen LogP) is 4.19. The predicted molar refractivity (Wildman–Crippen MR) is 89.5 cm³/mol. The molecule has 0 radical (unpaired) electrons. The van der Waals surface area contributed by atoms with E-state index in [-0.39, 0.29) is 11.8 Å². The van der Waals surface area contributed by atoms with E-state index in [0.717, 1.165) is 41.6 Å². The molecule has 4 rings (SSSR count). The van der Waals surface area contributed by atoms with Crippen LogP contribution in [0.3, 0.4) is 0 Å². The number of benzene rings is 2. The van der Waals surface area contributed by atoms with Crippen LogP contribution in [0.15, 0.2) is 46.9 Å². The van der Waals surface area contributed by atoms with Crippen LogP contribution in [0, 0.1) is 6.92 Å². The smallest absolute Gasteiger partial charge is 0.231 e. The molecule has 0 saturated heterocycles. The van der Waals surface area contributed by atoms with Gasteiger partial charge in [0.15, 0.2) is 11.5 Å². The zero-order chi connectivity index (χ0) is 15.8. The minimum Gasteiger partial charge on any atom is -0.441 e. The summed E-state index contributed by atoms with van der Waals surface area (Å²) in [5.41, 5.74) is 4.72. The number of fused-ring (bicyclic) bond motifs is 2. The van der Waals surface area contributed by atoms with Gasteiger partial charge in [0.05, 0.1) is 5.92 Å². The summed E-state index contributed by atoms with van der Waals surface area (Å²) in [6.45, 7) is 1.82. The van der Waals surface area contributed by atoms with Crippen molar-refractivity contribution in [2.75, 3.05) is 5.32 Å². The van der Waals surface area contributed by atoms with Gasteiger partial charge in [-0.25, -0.2) is 4.98 Å². The molecule has 1 aliphatic carbocycles. The summed E-state index contributed by atoms with van der Waals surface area (Å²) in [5, 5.41) is 3.03. The van der Waals surface area contributed by atoms with Crippen molar-refractivity contribution in [3.63, 3.8) is 0 Å². The van der Waals surface area contributed by atoms with E-state index >= 15 is 0 Å². The van der Waals surface area contributed by atoms with E-state index in [4.69, 9.17) is 4.42 Å². The molecule has 3 aromatic rings. The maximum absolute atomic E-state index is 12.7. The van der Waals surface area contributed by atoms with Crippen molar-refractivity contribution >= 4 is 22.7 Å². The molecular formula is C19H18N2O2. The molecule has 0 saturated carbocycles. The molecule has 0 spiro atoms. The first-order chi connectivity index (χ1) is 11.2. The Balaban J connectivity index is 1.60. The first-order valence-electron chi connectivity index (χ1n) is 7.96. The Hall–Kier alpha value is -2.62. The summed E-state index contributed by atoms with van der Waals surface area (Å²) in [6.07, 6.45) is 3.01. The van der Waals surface area contributed by atoms with Gasteiger partial charge in [-0.1, -0.05) is 24.3 Å². The highest BCUT2D eigenvalue weighted by atomic mass is 16.3. The molecule has 0 bridgehead atoms. The molecule has 1 aromatic heterocycles. The SMILES string of the molecule is Cc1nc2cc(NC(=O)C3CCCc4ccccc43)ccc2o1. The molecule has 1 atom stereocenters. The second-order valence-corrected chi connectivity index (χ2v) is 6.05. The first kappa shape index (κ1) is 14.0. The third-order valence-electron chi connectivity index (χ3n) is 4.45. The standard InChI is InChI=1S/C19H18N2O2/c1-12-20-17-11-14(9-10-18(17)23-12)21-19(22)16-8-4-6-13-5-2-3-7-15(13)16/h2-3,5,7,9-11,16H,4,6,8H2,1H3,(H,21,22). The number of carbonyl (C=O) groups excluding carboxylic acids is 1. The molecule has 1 amide bonds. The van der Waals surface area contributed by atoms with Crippen LogP contribution in [0.5, 0.6) is 0 Å². The molecule has 4 heteroatoms. The molecule has 4 nitrogen and oxygen atoms in total. The minimum atomic E-state index is -0.0744. The second-order valence-electron chi connectivity index (χ2n) is 6.05. The summed E-state index contributed by atoms with van der Waals surface area (Å²) in [5.74, 6) is 0.607. The van der Waals surface area contributed by atoms with Gasteiger partial charge in [0.1, 0.15) is 5.52 Å². The van der Waals surface area contributed by atoms with Gasteiger partial charge in [0.2, 0.25) is 5.91 Å². The molecule has 2 aromatic carbocycles. The highest BCUT2D eigenvalue weighted by Crippen LogP contribution is 2.32. The fourth-order valence-corrected chi connectivity index (χ4v) is 3.38. The summed E-state index contributed by atoms with van der Waals surface area (Å²) < 4.78 is 5.47. The lowest BCUT2D eigenvalue weighted by atomic mass is 9.82. The van der Waals surface area contributed by atoms with Gasteiger partial charge in [-0.15, -0.1) is 0 Å². The molecular weight excluding hydrogens is 288 g/mol. The van der Waals surface area contributed by atoms with Gasteiger partial charge in [-0.2, -0.15) is 0 Å². The number of rotatable bonds is 2. The Kier molecular flexibility index (Phi) is 3.37. The summed E-state index contributed by atoms with van der Waals surface area (Å²) in [6, 6.07) is 13.8. The quantitative estimate of drug-likeness (QED) is 0.772. The topological polar surface area (TPSA) is 55.1 Å². The average Bonchev–Trinajstić information content (AvgIpc) is 2.93. The Morgan fingerprint density at radius 3 is 3.04 bits per heavy atom.